The molecule has 1 aromatic heterocycles. The van der Waals surface area contributed by atoms with E-state index in [1.165, 1.54) is 12.1 Å². The van der Waals surface area contributed by atoms with Crippen molar-refractivity contribution in [2.75, 3.05) is 0 Å². The quantitative estimate of drug-likeness (QED) is 0.250. The van der Waals surface area contributed by atoms with Gasteiger partial charge in [0.05, 0.1) is 12.1 Å². The molecule has 174 valence electrons. The van der Waals surface area contributed by atoms with Crippen LogP contribution in [0.5, 0.6) is 0 Å². The molecule has 3 aromatic carbocycles. The highest BCUT2D eigenvalue weighted by molar-refractivity contribution is 9.10. The Morgan fingerprint density at radius 1 is 0.824 bits per heavy atom. The highest BCUT2D eigenvalue weighted by atomic mass is 79.9. The van der Waals surface area contributed by atoms with Gasteiger partial charge in [0.2, 0.25) is 0 Å². The van der Waals surface area contributed by atoms with E-state index in [1.807, 2.05) is 77.5 Å². The molecule has 0 unspecified atom stereocenters. The minimum Gasteiger partial charge on any atom is -0.345 e. The summed E-state index contributed by atoms with van der Waals surface area (Å²) in [5.41, 5.74) is 2.06. The van der Waals surface area contributed by atoms with Crippen molar-refractivity contribution in [3.05, 3.63) is 130 Å². The lowest BCUT2D eigenvalue weighted by molar-refractivity contribution is -0.137. The molecule has 0 atom stereocenters. The SMILES string of the molecule is O=C(c1cccc(C(F)(F)F)c1)N(Cc1ccccc1)Cc1cccn1Cc1ccc(Br)cc1. The van der Waals surface area contributed by atoms with Crippen LogP contribution in [-0.4, -0.2) is 15.4 Å². The molecule has 34 heavy (non-hydrogen) atoms. The first-order valence-corrected chi connectivity index (χ1v) is 11.5. The molecule has 0 saturated carbocycles. The lowest BCUT2D eigenvalue weighted by Crippen LogP contribution is -2.31. The minimum absolute atomic E-state index is 0.0109. The van der Waals surface area contributed by atoms with Gasteiger partial charge in [-0.05, 0) is 53.6 Å². The molecule has 7 heteroatoms. The van der Waals surface area contributed by atoms with Crippen molar-refractivity contribution in [1.29, 1.82) is 0 Å². The molecule has 0 saturated heterocycles. The van der Waals surface area contributed by atoms with E-state index in [0.29, 0.717) is 6.54 Å². The predicted molar refractivity (Wildman–Crippen MR) is 129 cm³/mol. The van der Waals surface area contributed by atoms with Gasteiger partial charge in [0.1, 0.15) is 0 Å². The number of amides is 1. The Morgan fingerprint density at radius 2 is 1.56 bits per heavy atom. The number of nitrogens with zero attached hydrogens (tertiary/aromatic N) is 2. The Bertz CT molecular complexity index is 1250. The molecule has 4 rings (SSSR count). The third kappa shape index (κ3) is 5.97. The van der Waals surface area contributed by atoms with Gasteiger partial charge >= 0.3 is 6.18 Å². The number of aromatic nitrogens is 1. The smallest absolute Gasteiger partial charge is 0.345 e. The maximum atomic E-state index is 13.4. The second kappa shape index (κ2) is 10.3. The Morgan fingerprint density at radius 3 is 2.26 bits per heavy atom. The summed E-state index contributed by atoms with van der Waals surface area (Å²) in [5.74, 6) is -0.452. The lowest BCUT2D eigenvalue weighted by Gasteiger charge is -2.24. The standard InChI is InChI=1S/C27H22BrF3N2O/c28-24-13-11-21(12-14-24)17-32-15-5-10-25(32)19-33(18-20-6-2-1-3-7-20)26(34)22-8-4-9-23(16-22)27(29,30)31/h1-16H,17-19H2. The number of hydrogen-bond donors (Lipinski definition) is 0. The van der Waals surface area contributed by atoms with E-state index in [-0.39, 0.29) is 18.7 Å². The van der Waals surface area contributed by atoms with Crippen LogP contribution in [0.25, 0.3) is 0 Å². The van der Waals surface area contributed by atoms with Crippen molar-refractivity contribution < 1.29 is 18.0 Å². The van der Waals surface area contributed by atoms with E-state index < -0.39 is 17.6 Å². The lowest BCUT2D eigenvalue weighted by atomic mass is 10.1. The van der Waals surface area contributed by atoms with Crippen molar-refractivity contribution in [1.82, 2.24) is 9.47 Å². The van der Waals surface area contributed by atoms with Crippen LogP contribution in [0.3, 0.4) is 0 Å². The first-order chi connectivity index (χ1) is 16.3. The van der Waals surface area contributed by atoms with Gasteiger partial charge in [-0.3, -0.25) is 4.79 Å². The molecule has 1 amide bonds. The van der Waals surface area contributed by atoms with Gasteiger partial charge in [0.15, 0.2) is 0 Å². The summed E-state index contributed by atoms with van der Waals surface area (Å²) < 4.78 is 42.7. The van der Waals surface area contributed by atoms with E-state index in [1.54, 1.807) is 4.90 Å². The number of hydrogen-bond acceptors (Lipinski definition) is 1. The third-order valence-electron chi connectivity index (χ3n) is 5.48. The Kier molecular flexibility index (Phi) is 7.22. The van der Waals surface area contributed by atoms with E-state index >= 15 is 0 Å². The van der Waals surface area contributed by atoms with Crippen molar-refractivity contribution in [2.24, 2.45) is 0 Å². The second-order valence-corrected chi connectivity index (χ2v) is 8.89. The number of halogens is 4. The van der Waals surface area contributed by atoms with Crippen molar-refractivity contribution >= 4 is 21.8 Å². The van der Waals surface area contributed by atoms with Crippen LogP contribution >= 0.6 is 15.9 Å². The van der Waals surface area contributed by atoms with Gasteiger partial charge < -0.3 is 9.47 Å². The Hall–Kier alpha value is -3.32. The molecule has 1 heterocycles. The van der Waals surface area contributed by atoms with Gasteiger partial charge in [0.25, 0.3) is 5.91 Å². The van der Waals surface area contributed by atoms with E-state index in [4.69, 9.17) is 0 Å². The average molecular weight is 527 g/mol. The van der Waals surface area contributed by atoms with Crippen LogP contribution in [0, 0.1) is 0 Å². The molecule has 4 aromatic rings. The second-order valence-electron chi connectivity index (χ2n) is 7.98. The molecule has 0 N–H and O–H groups in total. The van der Waals surface area contributed by atoms with Crippen LogP contribution in [0.15, 0.2) is 102 Å². The van der Waals surface area contributed by atoms with E-state index in [0.717, 1.165) is 33.4 Å². The molecule has 0 fully saturated rings. The van der Waals surface area contributed by atoms with Gasteiger partial charge in [-0.25, -0.2) is 0 Å². The third-order valence-corrected chi connectivity index (χ3v) is 6.01. The van der Waals surface area contributed by atoms with Crippen LogP contribution in [-0.2, 0) is 25.8 Å². The molecule has 0 aliphatic carbocycles. The zero-order valence-corrected chi connectivity index (χ0v) is 19.8. The Balaban J connectivity index is 1.62. The van der Waals surface area contributed by atoms with Crippen molar-refractivity contribution in [3.63, 3.8) is 0 Å². The molecule has 3 nitrogen and oxygen atoms in total. The fourth-order valence-corrected chi connectivity index (χ4v) is 4.01. The minimum atomic E-state index is -4.51. The van der Waals surface area contributed by atoms with E-state index in [9.17, 15) is 18.0 Å². The molecule has 0 bridgehead atoms. The molecule has 0 radical (unpaired) electrons. The predicted octanol–water partition coefficient (Wildman–Crippen LogP) is 7.16. The summed E-state index contributed by atoms with van der Waals surface area (Å²) in [4.78, 5) is 15.0. The van der Waals surface area contributed by atoms with Crippen LogP contribution in [0.2, 0.25) is 0 Å². The van der Waals surface area contributed by atoms with Crippen molar-refractivity contribution in [3.8, 4) is 0 Å². The highest BCUT2D eigenvalue weighted by Gasteiger charge is 2.31. The fraction of sp³-hybridized carbons (Fsp3) is 0.148. The van der Waals surface area contributed by atoms with Crippen LogP contribution in [0.1, 0.15) is 32.7 Å². The molecular weight excluding hydrogens is 505 g/mol. The number of rotatable bonds is 7. The molecule has 0 aliphatic rings. The van der Waals surface area contributed by atoms with Crippen molar-refractivity contribution in [2.45, 2.75) is 25.8 Å². The summed E-state index contributed by atoms with van der Waals surface area (Å²) in [6.07, 6.45) is -2.58. The highest BCUT2D eigenvalue weighted by Crippen LogP contribution is 2.30. The average Bonchev–Trinajstić information content (AvgIpc) is 3.26. The normalized spacial score (nSPS) is 11.4. The number of carbonyl (C=O) groups excluding carboxylic acids is 1. The zero-order valence-electron chi connectivity index (χ0n) is 18.2. The maximum Gasteiger partial charge on any atom is 0.416 e. The Labute approximate surface area is 204 Å². The van der Waals surface area contributed by atoms with Crippen LogP contribution < -0.4 is 0 Å². The largest absolute Gasteiger partial charge is 0.416 e. The van der Waals surface area contributed by atoms with E-state index in [2.05, 4.69) is 15.9 Å². The summed E-state index contributed by atoms with van der Waals surface area (Å²) in [7, 11) is 0. The molecule has 0 aliphatic heterocycles. The summed E-state index contributed by atoms with van der Waals surface area (Å²) in [6.45, 7) is 1.15. The first-order valence-electron chi connectivity index (χ1n) is 10.7. The van der Waals surface area contributed by atoms with Gasteiger partial charge in [-0.1, -0.05) is 64.5 Å². The van der Waals surface area contributed by atoms with Gasteiger partial charge in [-0.2, -0.15) is 13.2 Å². The molecule has 0 spiro atoms. The van der Waals surface area contributed by atoms with Crippen LogP contribution in [0.4, 0.5) is 13.2 Å². The van der Waals surface area contributed by atoms with Gasteiger partial charge in [-0.15, -0.1) is 0 Å². The monoisotopic (exact) mass is 526 g/mol. The zero-order chi connectivity index (χ0) is 24.1. The first kappa shape index (κ1) is 23.8. The number of alkyl halides is 3. The topological polar surface area (TPSA) is 25.2 Å². The number of carbonyl (C=O) groups is 1. The number of benzene rings is 3. The fourth-order valence-electron chi connectivity index (χ4n) is 3.74. The summed E-state index contributed by atoms with van der Waals surface area (Å²) in [5, 5.41) is 0. The summed E-state index contributed by atoms with van der Waals surface area (Å²) >= 11 is 3.44. The van der Waals surface area contributed by atoms with Gasteiger partial charge in [0, 0.05) is 35.0 Å². The summed E-state index contributed by atoms with van der Waals surface area (Å²) in [6, 6.07) is 25.8. The molecular formula is C27H22BrF3N2O. The maximum absolute atomic E-state index is 13.4.